The van der Waals surface area contributed by atoms with Crippen LogP contribution in [0.4, 0.5) is 0 Å². The van der Waals surface area contributed by atoms with Crippen LogP contribution >= 0.6 is 0 Å². The molecule has 0 unspecified atom stereocenters. The number of carbonyl (C=O) groups excluding carboxylic acids is 2. The third-order valence-electron chi connectivity index (χ3n) is 8.88. The molecule has 1 amide bonds. The molecule has 266 valence electrons. The quantitative estimate of drug-likeness (QED) is 0.171. The molecule has 0 aliphatic carbocycles. The van der Waals surface area contributed by atoms with E-state index in [0.29, 0.717) is 35.9 Å². The molecule has 1 aliphatic rings. The van der Waals surface area contributed by atoms with E-state index in [0.717, 1.165) is 16.7 Å². The van der Waals surface area contributed by atoms with Gasteiger partial charge in [-0.1, -0.05) is 74.5 Å². The Morgan fingerprint density at radius 3 is 2.31 bits per heavy atom. The summed E-state index contributed by atoms with van der Waals surface area (Å²) in [6, 6.07) is 24.9. The number of fused-ring (bicyclic) bond motifs is 1. The smallest absolute Gasteiger partial charge is 0.372 e. The maximum Gasteiger partial charge on any atom is 0.372 e. The molecule has 6 rings (SSSR count). The molecule has 1 fully saturated rings. The number of benzene rings is 2. The van der Waals surface area contributed by atoms with Crippen molar-refractivity contribution in [1.82, 2.24) is 19.6 Å². The lowest BCUT2D eigenvalue weighted by atomic mass is 9.87. The van der Waals surface area contributed by atoms with Gasteiger partial charge < -0.3 is 14.8 Å². The highest BCUT2D eigenvalue weighted by molar-refractivity contribution is 7.89. The maximum atomic E-state index is 13.6. The number of aromatic nitrogens is 2. The first-order chi connectivity index (χ1) is 24.4. The minimum Gasteiger partial charge on any atom is -0.475 e. The summed E-state index contributed by atoms with van der Waals surface area (Å²) in [6.07, 6.45) is 4.47. The van der Waals surface area contributed by atoms with E-state index in [-0.39, 0.29) is 34.9 Å². The van der Waals surface area contributed by atoms with Crippen molar-refractivity contribution in [2.45, 2.75) is 70.0 Å². The summed E-state index contributed by atoms with van der Waals surface area (Å²) >= 11 is 0. The molecule has 1 saturated heterocycles. The molecule has 12 heteroatoms. The van der Waals surface area contributed by atoms with Crippen LogP contribution in [0.3, 0.4) is 0 Å². The maximum absolute atomic E-state index is 13.6. The molecular formula is C39H42N4O7S. The topological polar surface area (TPSA) is 160 Å². The minimum absolute atomic E-state index is 0.0336. The van der Waals surface area contributed by atoms with Crippen LogP contribution in [-0.2, 0) is 19.6 Å². The zero-order valence-electron chi connectivity index (χ0n) is 29.0. The Morgan fingerprint density at radius 1 is 0.941 bits per heavy atom. The third kappa shape index (κ3) is 8.76. The number of ketones is 1. The summed E-state index contributed by atoms with van der Waals surface area (Å²) in [6.45, 7) is 7.31. The second kappa shape index (κ2) is 16.2. The van der Waals surface area contributed by atoms with E-state index >= 15 is 0 Å². The van der Waals surface area contributed by atoms with Gasteiger partial charge in [-0.2, -0.15) is 4.31 Å². The Balaban J connectivity index is 0.000000323. The van der Waals surface area contributed by atoms with Crippen LogP contribution in [0.15, 0.2) is 107 Å². The Morgan fingerprint density at radius 2 is 1.65 bits per heavy atom. The number of furan rings is 1. The summed E-state index contributed by atoms with van der Waals surface area (Å²) in [5.74, 6) is -1.79. The molecule has 5 aromatic rings. The third-order valence-corrected chi connectivity index (χ3v) is 10.8. The lowest BCUT2D eigenvalue weighted by molar-refractivity contribution is -0.128. The Kier molecular flexibility index (Phi) is 11.8. The van der Waals surface area contributed by atoms with Gasteiger partial charge in [0.25, 0.3) is 10.0 Å². The van der Waals surface area contributed by atoms with Crippen LogP contribution in [-0.4, -0.2) is 64.1 Å². The van der Waals surface area contributed by atoms with Crippen molar-refractivity contribution >= 4 is 38.8 Å². The summed E-state index contributed by atoms with van der Waals surface area (Å²) in [5.41, 5.74) is 4.69. The molecule has 4 heterocycles. The number of hydrogen-bond donors (Lipinski definition) is 2. The molecular weight excluding hydrogens is 669 g/mol. The number of amides is 1. The van der Waals surface area contributed by atoms with Crippen LogP contribution in [0.5, 0.6) is 0 Å². The molecule has 0 spiro atoms. The van der Waals surface area contributed by atoms with Crippen molar-refractivity contribution in [2.24, 2.45) is 5.92 Å². The van der Waals surface area contributed by atoms with E-state index in [2.05, 4.69) is 29.1 Å². The fourth-order valence-corrected chi connectivity index (χ4v) is 7.74. The average Bonchev–Trinajstić information content (AvgIpc) is 3.40. The average molecular weight is 711 g/mol. The van der Waals surface area contributed by atoms with E-state index < -0.39 is 34.0 Å². The number of nitrogens with one attached hydrogen (secondary N) is 1. The number of nitrogens with zero attached hydrogens (tertiary/aromatic N) is 3. The second-order valence-corrected chi connectivity index (χ2v) is 14.9. The highest BCUT2D eigenvalue weighted by Crippen LogP contribution is 2.30. The largest absolute Gasteiger partial charge is 0.475 e. The van der Waals surface area contributed by atoms with Crippen LogP contribution in [0.2, 0.25) is 0 Å². The van der Waals surface area contributed by atoms with Crippen LogP contribution in [0.25, 0.3) is 22.2 Å². The molecule has 0 saturated carbocycles. The van der Waals surface area contributed by atoms with E-state index in [1.165, 1.54) is 16.6 Å². The van der Waals surface area contributed by atoms with Crippen molar-refractivity contribution in [1.29, 1.82) is 0 Å². The number of sulfonamides is 1. The summed E-state index contributed by atoms with van der Waals surface area (Å²) in [4.78, 5) is 45.6. The van der Waals surface area contributed by atoms with E-state index in [1.807, 2.05) is 54.6 Å². The van der Waals surface area contributed by atoms with Gasteiger partial charge >= 0.3 is 5.97 Å². The number of Topliss-reactive ketones (excluding diaryl/α,β-unsaturated/α-hetero) is 1. The molecule has 51 heavy (non-hydrogen) atoms. The Bertz CT molecular complexity index is 2100. The van der Waals surface area contributed by atoms with Gasteiger partial charge in [-0.15, -0.1) is 0 Å². The zero-order chi connectivity index (χ0) is 36.7. The number of carboxylic acid groups (broad SMARTS) is 1. The molecule has 3 aromatic heterocycles. The zero-order valence-corrected chi connectivity index (χ0v) is 29.8. The summed E-state index contributed by atoms with van der Waals surface area (Å²) < 4.78 is 32.7. The van der Waals surface area contributed by atoms with Gasteiger partial charge in [0.1, 0.15) is 5.52 Å². The van der Waals surface area contributed by atoms with Gasteiger partial charge in [0.05, 0.1) is 18.5 Å². The van der Waals surface area contributed by atoms with Crippen molar-refractivity contribution in [2.75, 3.05) is 6.54 Å². The number of aromatic carboxylic acids is 1. The molecule has 2 aromatic carbocycles. The minimum atomic E-state index is -3.94. The Hall–Kier alpha value is -5.20. The van der Waals surface area contributed by atoms with Gasteiger partial charge in [-0.25, -0.2) is 18.2 Å². The van der Waals surface area contributed by atoms with Crippen molar-refractivity contribution in [3.8, 4) is 11.1 Å². The predicted octanol–water partition coefficient (Wildman–Crippen LogP) is 6.64. The number of hydrogen-bond acceptors (Lipinski definition) is 8. The van der Waals surface area contributed by atoms with Gasteiger partial charge in [0, 0.05) is 24.0 Å². The standard InChI is InChI=1S/C30H35N3O4S.C9H7NO3/c1-21(2)18-26(25-13-9-12-24(19-25)23-10-5-4-6-11-23)30(35)32-27-16-15-22(3)33(20-28(27)34)38(36,37)29-14-7-8-17-31-29;1-5-7-6(3-2-4-10-7)13-8(5)9(11)12/h4-14,17,19,21-22,26-27H,15-16,18,20H2,1-3H3,(H,32,35);2-4H,1H3,(H,11,12)/t22-,26-,27+;/m1./s1. The first-order valence-corrected chi connectivity index (χ1v) is 18.3. The molecule has 0 bridgehead atoms. The van der Waals surface area contributed by atoms with Gasteiger partial charge in [0.15, 0.2) is 16.4 Å². The normalized spacial score (nSPS) is 17.3. The van der Waals surface area contributed by atoms with Crippen molar-refractivity contribution in [3.05, 3.63) is 114 Å². The van der Waals surface area contributed by atoms with Crippen molar-refractivity contribution < 1.29 is 32.3 Å². The molecule has 11 nitrogen and oxygen atoms in total. The summed E-state index contributed by atoms with van der Waals surface area (Å²) in [7, 11) is -3.94. The SMILES string of the molecule is CC(C)C[C@@H](C(=O)N[C@H]1CC[C@@H](C)N(S(=O)(=O)c2ccccn2)CC1=O)c1cccc(-c2ccccc2)c1.Cc1c(C(=O)O)oc2cccnc12. The summed E-state index contributed by atoms with van der Waals surface area (Å²) in [5, 5.41) is 11.6. The first-order valence-electron chi connectivity index (χ1n) is 16.9. The number of carbonyl (C=O) groups is 3. The lowest BCUT2D eigenvalue weighted by Crippen LogP contribution is -2.46. The highest BCUT2D eigenvalue weighted by atomic mass is 32.2. The van der Waals surface area contributed by atoms with E-state index in [9.17, 15) is 22.8 Å². The second-order valence-electron chi connectivity index (χ2n) is 13.1. The number of carboxylic acids is 1. The number of rotatable bonds is 9. The van der Waals surface area contributed by atoms with Crippen molar-refractivity contribution in [3.63, 3.8) is 0 Å². The molecule has 0 radical (unpaired) electrons. The molecule has 1 aliphatic heterocycles. The van der Waals surface area contributed by atoms with Crippen LogP contribution < -0.4 is 5.32 Å². The fraction of sp³-hybridized carbons (Fsp3) is 0.308. The van der Waals surface area contributed by atoms with Gasteiger partial charge in [-0.3, -0.25) is 14.6 Å². The Labute approximate surface area is 297 Å². The van der Waals surface area contributed by atoms with Crippen LogP contribution in [0.1, 0.15) is 67.6 Å². The fourth-order valence-electron chi connectivity index (χ4n) is 6.18. The highest BCUT2D eigenvalue weighted by Gasteiger charge is 2.38. The molecule has 3 atom stereocenters. The van der Waals surface area contributed by atoms with Crippen LogP contribution in [0, 0.1) is 12.8 Å². The number of pyridine rings is 2. The molecule has 2 N–H and O–H groups in total. The van der Waals surface area contributed by atoms with E-state index in [4.69, 9.17) is 9.52 Å². The van der Waals surface area contributed by atoms with Gasteiger partial charge in [0.2, 0.25) is 11.7 Å². The van der Waals surface area contributed by atoms with Gasteiger partial charge in [-0.05, 0) is 80.0 Å². The lowest BCUT2D eigenvalue weighted by Gasteiger charge is -2.25. The predicted molar refractivity (Wildman–Crippen MR) is 194 cm³/mol. The monoisotopic (exact) mass is 710 g/mol. The first kappa shape index (κ1) is 37.1. The van der Waals surface area contributed by atoms with E-state index in [1.54, 1.807) is 44.3 Å². The number of aryl methyl sites for hydroxylation is 1.